The first kappa shape index (κ1) is 12.0. The zero-order valence-corrected chi connectivity index (χ0v) is 9.91. The van der Waals surface area contributed by atoms with Crippen molar-refractivity contribution in [3.63, 3.8) is 0 Å². The fourth-order valence-electron chi connectivity index (χ4n) is 1.36. The van der Waals surface area contributed by atoms with E-state index in [1.54, 1.807) is 7.05 Å². The highest BCUT2D eigenvalue weighted by molar-refractivity contribution is 5.67. The van der Waals surface area contributed by atoms with Gasteiger partial charge in [-0.2, -0.15) is 5.21 Å². The highest BCUT2D eigenvalue weighted by Gasteiger charge is 2.12. The molecular weight excluding hydrogens is 234 g/mol. The van der Waals surface area contributed by atoms with Gasteiger partial charge in [-0.25, -0.2) is 4.79 Å². The van der Waals surface area contributed by atoms with Crippen molar-refractivity contribution in [2.24, 2.45) is 0 Å². The van der Waals surface area contributed by atoms with Crippen molar-refractivity contribution in [2.45, 2.75) is 13.2 Å². The third-order valence-corrected chi connectivity index (χ3v) is 2.28. The SMILES string of the molecule is CN(Cc1nn[nH]n1)C(=O)OCc1ccccc1. The molecular formula is C11H13N5O2. The highest BCUT2D eigenvalue weighted by atomic mass is 16.6. The topological polar surface area (TPSA) is 84.0 Å². The standard InChI is InChI=1S/C11H13N5O2/c1-16(7-10-12-14-15-13-10)11(17)18-8-9-5-3-2-4-6-9/h2-6H,7-8H2,1H3,(H,12,13,14,15). The summed E-state index contributed by atoms with van der Waals surface area (Å²) in [4.78, 5) is 13.0. The molecule has 1 amide bonds. The lowest BCUT2D eigenvalue weighted by atomic mass is 10.2. The van der Waals surface area contributed by atoms with Crippen LogP contribution in [0, 0.1) is 0 Å². The molecule has 18 heavy (non-hydrogen) atoms. The molecule has 1 aromatic heterocycles. The van der Waals surface area contributed by atoms with Crippen LogP contribution in [-0.4, -0.2) is 38.7 Å². The first-order valence-electron chi connectivity index (χ1n) is 5.40. The molecule has 1 heterocycles. The van der Waals surface area contributed by atoms with Crippen LogP contribution >= 0.6 is 0 Å². The summed E-state index contributed by atoms with van der Waals surface area (Å²) in [6.45, 7) is 0.500. The Kier molecular flexibility index (Phi) is 3.85. The summed E-state index contributed by atoms with van der Waals surface area (Å²) in [5.41, 5.74) is 0.943. The number of rotatable bonds is 4. The number of amides is 1. The molecule has 94 valence electrons. The van der Waals surface area contributed by atoms with Crippen LogP contribution in [0.2, 0.25) is 0 Å². The molecule has 2 rings (SSSR count). The number of hydrogen-bond donors (Lipinski definition) is 1. The number of nitrogens with zero attached hydrogens (tertiary/aromatic N) is 4. The van der Waals surface area contributed by atoms with Crippen molar-refractivity contribution in [3.8, 4) is 0 Å². The van der Waals surface area contributed by atoms with Crippen molar-refractivity contribution in [3.05, 3.63) is 41.7 Å². The second kappa shape index (κ2) is 5.76. The molecule has 7 nitrogen and oxygen atoms in total. The van der Waals surface area contributed by atoms with Gasteiger partial charge in [-0.05, 0) is 5.56 Å². The summed E-state index contributed by atoms with van der Waals surface area (Å²) in [5.74, 6) is 0.439. The van der Waals surface area contributed by atoms with E-state index in [0.29, 0.717) is 5.82 Å². The molecule has 0 radical (unpaired) electrons. The summed E-state index contributed by atoms with van der Waals surface area (Å²) >= 11 is 0. The number of ether oxygens (including phenoxy) is 1. The predicted molar refractivity (Wildman–Crippen MR) is 62.3 cm³/mol. The van der Waals surface area contributed by atoms with Gasteiger partial charge in [0, 0.05) is 7.05 Å². The van der Waals surface area contributed by atoms with Gasteiger partial charge in [0.15, 0.2) is 5.82 Å². The van der Waals surface area contributed by atoms with Crippen LogP contribution in [0.25, 0.3) is 0 Å². The number of carbonyl (C=O) groups is 1. The lowest BCUT2D eigenvalue weighted by molar-refractivity contribution is 0.102. The minimum absolute atomic E-state index is 0.246. The second-order valence-electron chi connectivity index (χ2n) is 3.72. The van der Waals surface area contributed by atoms with Crippen molar-refractivity contribution < 1.29 is 9.53 Å². The quantitative estimate of drug-likeness (QED) is 0.870. The van der Waals surface area contributed by atoms with E-state index in [-0.39, 0.29) is 13.2 Å². The van der Waals surface area contributed by atoms with Gasteiger partial charge in [0.25, 0.3) is 0 Å². The Labute approximate surface area is 104 Å². The van der Waals surface area contributed by atoms with Crippen molar-refractivity contribution in [1.82, 2.24) is 25.5 Å². The third-order valence-electron chi connectivity index (χ3n) is 2.28. The second-order valence-corrected chi connectivity index (χ2v) is 3.72. The van der Waals surface area contributed by atoms with E-state index in [0.717, 1.165) is 5.56 Å². The Morgan fingerprint density at radius 1 is 1.39 bits per heavy atom. The van der Waals surface area contributed by atoms with Crippen molar-refractivity contribution >= 4 is 6.09 Å². The third kappa shape index (κ3) is 3.27. The monoisotopic (exact) mass is 247 g/mol. The maximum Gasteiger partial charge on any atom is 0.410 e. The molecule has 0 fully saturated rings. The minimum Gasteiger partial charge on any atom is -0.445 e. The van der Waals surface area contributed by atoms with E-state index in [1.807, 2.05) is 30.3 Å². The number of tetrazole rings is 1. The Bertz CT molecular complexity index is 485. The zero-order valence-electron chi connectivity index (χ0n) is 9.91. The minimum atomic E-state index is -0.427. The van der Waals surface area contributed by atoms with E-state index >= 15 is 0 Å². The molecule has 1 aromatic carbocycles. The molecule has 0 spiro atoms. The van der Waals surface area contributed by atoms with Crippen LogP contribution in [0.15, 0.2) is 30.3 Å². The van der Waals surface area contributed by atoms with Crippen molar-refractivity contribution in [1.29, 1.82) is 0 Å². The van der Waals surface area contributed by atoms with E-state index in [9.17, 15) is 4.79 Å². The van der Waals surface area contributed by atoms with E-state index in [2.05, 4.69) is 20.6 Å². The summed E-state index contributed by atoms with van der Waals surface area (Å²) < 4.78 is 5.14. The number of nitrogens with one attached hydrogen (secondary N) is 1. The van der Waals surface area contributed by atoms with Crippen LogP contribution in [0.3, 0.4) is 0 Å². The fraction of sp³-hybridized carbons (Fsp3) is 0.273. The highest BCUT2D eigenvalue weighted by Crippen LogP contribution is 2.03. The van der Waals surface area contributed by atoms with Crippen LogP contribution < -0.4 is 0 Å². The van der Waals surface area contributed by atoms with E-state index < -0.39 is 6.09 Å². The molecule has 0 bridgehead atoms. The molecule has 0 aliphatic heterocycles. The van der Waals surface area contributed by atoms with Gasteiger partial charge < -0.3 is 9.64 Å². The lowest BCUT2D eigenvalue weighted by Gasteiger charge is -2.14. The Hall–Kier alpha value is -2.44. The fourth-order valence-corrected chi connectivity index (χ4v) is 1.36. The van der Waals surface area contributed by atoms with Gasteiger partial charge in [-0.15, -0.1) is 10.2 Å². The molecule has 1 N–H and O–H groups in total. The van der Waals surface area contributed by atoms with Gasteiger partial charge in [-0.1, -0.05) is 35.5 Å². The molecule has 2 aromatic rings. The van der Waals surface area contributed by atoms with E-state index in [4.69, 9.17) is 4.74 Å². The Balaban J connectivity index is 1.81. The average molecular weight is 247 g/mol. The smallest absolute Gasteiger partial charge is 0.410 e. The molecule has 7 heteroatoms. The first-order valence-corrected chi connectivity index (χ1v) is 5.40. The number of aromatic amines is 1. The molecule has 0 aliphatic carbocycles. The summed E-state index contributed by atoms with van der Waals surface area (Å²) in [5, 5.41) is 13.3. The largest absolute Gasteiger partial charge is 0.445 e. The van der Waals surface area contributed by atoms with Crippen LogP contribution in [0.5, 0.6) is 0 Å². The molecule has 0 aliphatic rings. The van der Waals surface area contributed by atoms with Gasteiger partial charge in [0.2, 0.25) is 0 Å². The normalized spacial score (nSPS) is 10.1. The van der Waals surface area contributed by atoms with Crippen LogP contribution in [-0.2, 0) is 17.9 Å². The van der Waals surface area contributed by atoms with Gasteiger partial charge in [-0.3, -0.25) is 0 Å². The van der Waals surface area contributed by atoms with Crippen LogP contribution in [0.4, 0.5) is 4.79 Å². The number of aromatic nitrogens is 4. The maximum absolute atomic E-state index is 11.7. The molecule has 0 saturated heterocycles. The number of carbonyl (C=O) groups excluding carboxylic acids is 1. The number of benzene rings is 1. The summed E-state index contributed by atoms with van der Waals surface area (Å²) in [7, 11) is 1.61. The van der Waals surface area contributed by atoms with Crippen LogP contribution in [0.1, 0.15) is 11.4 Å². The maximum atomic E-state index is 11.7. The molecule has 0 saturated carbocycles. The van der Waals surface area contributed by atoms with Gasteiger partial charge in [0.05, 0.1) is 6.54 Å². The summed E-state index contributed by atoms with van der Waals surface area (Å²) in [6, 6.07) is 9.49. The number of H-pyrrole nitrogens is 1. The van der Waals surface area contributed by atoms with Gasteiger partial charge >= 0.3 is 6.09 Å². The Morgan fingerprint density at radius 2 is 2.17 bits per heavy atom. The van der Waals surface area contributed by atoms with Crippen molar-refractivity contribution in [2.75, 3.05) is 7.05 Å². The first-order chi connectivity index (χ1) is 8.75. The predicted octanol–water partition coefficient (Wildman–Crippen LogP) is 0.968. The Morgan fingerprint density at radius 3 is 2.83 bits per heavy atom. The molecule has 0 unspecified atom stereocenters. The zero-order chi connectivity index (χ0) is 12.8. The number of hydrogen-bond acceptors (Lipinski definition) is 5. The lowest BCUT2D eigenvalue weighted by Crippen LogP contribution is -2.27. The van der Waals surface area contributed by atoms with Gasteiger partial charge in [0.1, 0.15) is 6.61 Å². The molecule has 0 atom stereocenters. The van der Waals surface area contributed by atoms with E-state index in [1.165, 1.54) is 4.90 Å². The summed E-state index contributed by atoms with van der Waals surface area (Å²) in [6.07, 6.45) is -0.427. The average Bonchev–Trinajstić information content (AvgIpc) is 2.90.